The highest BCUT2D eigenvalue weighted by Crippen LogP contribution is 2.46. The van der Waals surface area contributed by atoms with E-state index in [9.17, 15) is 0 Å². The molecular weight excluding hydrogens is 206 g/mol. The van der Waals surface area contributed by atoms with Gasteiger partial charge in [0, 0.05) is 5.54 Å². The van der Waals surface area contributed by atoms with Crippen LogP contribution in [0.2, 0.25) is 0 Å². The van der Waals surface area contributed by atoms with Crippen molar-refractivity contribution < 1.29 is 0 Å². The fourth-order valence-corrected chi connectivity index (χ4v) is 3.63. The first kappa shape index (κ1) is 13.4. The second-order valence-corrected chi connectivity index (χ2v) is 6.33. The minimum atomic E-state index is 0.601. The van der Waals surface area contributed by atoms with Gasteiger partial charge in [0.15, 0.2) is 0 Å². The molecule has 100 valence electrons. The number of nitrogens with one attached hydrogen (secondary N) is 1. The van der Waals surface area contributed by atoms with Gasteiger partial charge in [0.1, 0.15) is 0 Å². The summed E-state index contributed by atoms with van der Waals surface area (Å²) in [7, 11) is 0. The van der Waals surface area contributed by atoms with Gasteiger partial charge in [-0.25, -0.2) is 0 Å². The lowest BCUT2D eigenvalue weighted by atomic mass is 9.85. The van der Waals surface area contributed by atoms with Gasteiger partial charge < -0.3 is 5.32 Å². The third kappa shape index (κ3) is 3.98. The third-order valence-corrected chi connectivity index (χ3v) is 4.86. The average molecular weight is 237 g/mol. The maximum absolute atomic E-state index is 3.84. The van der Waals surface area contributed by atoms with Crippen molar-refractivity contribution in [3.8, 4) is 0 Å². The smallest absolute Gasteiger partial charge is 0.0210 e. The van der Waals surface area contributed by atoms with Gasteiger partial charge in [-0.1, -0.05) is 51.9 Å². The lowest BCUT2D eigenvalue weighted by Crippen LogP contribution is -2.41. The summed E-state index contributed by atoms with van der Waals surface area (Å²) >= 11 is 0. The number of rotatable bonds is 9. The Bertz CT molecular complexity index is 202. The van der Waals surface area contributed by atoms with Crippen molar-refractivity contribution in [3.63, 3.8) is 0 Å². The molecule has 1 aliphatic carbocycles. The van der Waals surface area contributed by atoms with Gasteiger partial charge in [-0.05, 0) is 44.6 Å². The Hall–Kier alpha value is -0.0400. The molecule has 1 nitrogen and oxygen atoms in total. The highest BCUT2D eigenvalue weighted by molar-refractivity contribution is 5.03. The van der Waals surface area contributed by atoms with Crippen molar-refractivity contribution in [3.05, 3.63) is 0 Å². The Morgan fingerprint density at radius 3 is 2.29 bits per heavy atom. The van der Waals surface area contributed by atoms with Crippen molar-refractivity contribution in [2.45, 2.75) is 89.5 Å². The maximum Gasteiger partial charge on any atom is 0.0210 e. The van der Waals surface area contributed by atoms with E-state index in [-0.39, 0.29) is 0 Å². The highest BCUT2D eigenvalue weighted by atomic mass is 15.0. The predicted octanol–water partition coefficient (Wildman–Crippen LogP) is 4.66. The molecule has 17 heavy (non-hydrogen) atoms. The van der Waals surface area contributed by atoms with Crippen molar-refractivity contribution in [1.29, 1.82) is 0 Å². The zero-order chi connectivity index (χ0) is 12.0. The molecule has 0 spiro atoms. The molecule has 2 aliphatic rings. The number of hydrogen-bond donors (Lipinski definition) is 1. The fraction of sp³-hybridized carbons (Fsp3) is 1.00. The number of unbranched alkanes of at least 4 members (excludes halogenated alkanes) is 6. The first-order valence-electron chi connectivity index (χ1n) is 8.12. The Labute approximate surface area is 108 Å². The Morgan fingerprint density at radius 2 is 1.71 bits per heavy atom. The molecule has 0 bridgehead atoms. The van der Waals surface area contributed by atoms with Crippen molar-refractivity contribution >= 4 is 0 Å². The quantitative estimate of drug-likeness (QED) is 0.575. The number of hydrogen-bond acceptors (Lipinski definition) is 1. The lowest BCUT2D eigenvalue weighted by molar-refractivity contribution is 0.290. The molecule has 0 aromatic heterocycles. The first-order chi connectivity index (χ1) is 8.37. The van der Waals surface area contributed by atoms with Crippen LogP contribution < -0.4 is 5.32 Å². The van der Waals surface area contributed by atoms with E-state index in [1.54, 1.807) is 0 Å². The Kier molecular flexibility index (Phi) is 5.34. The summed E-state index contributed by atoms with van der Waals surface area (Å²) in [6.45, 7) is 3.58. The molecule has 2 fully saturated rings. The van der Waals surface area contributed by atoms with Crippen molar-refractivity contribution in [1.82, 2.24) is 5.32 Å². The largest absolute Gasteiger partial charge is 0.311 e. The van der Waals surface area contributed by atoms with Gasteiger partial charge in [0.05, 0.1) is 0 Å². The van der Waals surface area contributed by atoms with E-state index in [1.807, 2.05) is 0 Å². The van der Waals surface area contributed by atoms with Gasteiger partial charge in [-0.3, -0.25) is 0 Å². The van der Waals surface area contributed by atoms with Gasteiger partial charge in [0.2, 0.25) is 0 Å². The molecule has 1 heterocycles. The van der Waals surface area contributed by atoms with E-state index in [4.69, 9.17) is 0 Å². The summed E-state index contributed by atoms with van der Waals surface area (Å²) in [5.41, 5.74) is 0.601. The zero-order valence-corrected chi connectivity index (χ0v) is 11.8. The lowest BCUT2D eigenvalue weighted by Gasteiger charge is -2.30. The van der Waals surface area contributed by atoms with Crippen molar-refractivity contribution in [2.75, 3.05) is 6.54 Å². The summed E-state index contributed by atoms with van der Waals surface area (Å²) in [6.07, 6.45) is 17.5. The van der Waals surface area contributed by atoms with E-state index in [1.165, 1.54) is 83.6 Å². The van der Waals surface area contributed by atoms with Crippen molar-refractivity contribution in [2.24, 2.45) is 5.92 Å². The highest BCUT2D eigenvalue weighted by Gasteiger charge is 2.45. The van der Waals surface area contributed by atoms with Gasteiger partial charge in [0.25, 0.3) is 0 Å². The molecule has 1 heteroatoms. The molecule has 0 aromatic rings. The minimum absolute atomic E-state index is 0.601. The normalized spacial score (nSPS) is 28.8. The molecule has 1 saturated heterocycles. The molecule has 0 radical (unpaired) electrons. The summed E-state index contributed by atoms with van der Waals surface area (Å²) in [4.78, 5) is 0. The SMILES string of the molecule is CCCCCCCCCC1(C2CC2)CCCN1. The first-order valence-corrected chi connectivity index (χ1v) is 8.12. The third-order valence-electron chi connectivity index (χ3n) is 4.86. The molecule has 0 aromatic carbocycles. The van der Waals surface area contributed by atoms with Crippen LogP contribution in [-0.2, 0) is 0 Å². The van der Waals surface area contributed by atoms with Crippen LogP contribution in [0.15, 0.2) is 0 Å². The zero-order valence-electron chi connectivity index (χ0n) is 11.8. The van der Waals surface area contributed by atoms with Crippen LogP contribution >= 0.6 is 0 Å². The second-order valence-electron chi connectivity index (χ2n) is 6.33. The van der Waals surface area contributed by atoms with E-state index in [0.29, 0.717) is 5.54 Å². The summed E-state index contributed by atoms with van der Waals surface area (Å²) in [6, 6.07) is 0. The van der Waals surface area contributed by atoms with Gasteiger partial charge >= 0.3 is 0 Å². The van der Waals surface area contributed by atoms with E-state index in [2.05, 4.69) is 12.2 Å². The summed E-state index contributed by atoms with van der Waals surface area (Å²) < 4.78 is 0. The maximum atomic E-state index is 3.84. The fourth-order valence-electron chi connectivity index (χ4n) is 3.63. The van der Waals surface area contributed by atoms with Crippen LogP contribution in [0.3, 0.4) is 0 Å². The van der Waals surface area contributed by atoms with Crippen LogP contribution in [0.4, 0.5) is 0 Å². The van der Waals surface area contributed by atoms with E-state index >= 15 is 0 Å². The molecule has 1 atom stereocenters. The molecule has 1 unspecified atom stereocenters. The topological polar surface area (TPSA) is 12.0 Å². The monoisotopic (exact) mass is 237 g/mol. The van der Waals surface area contributed by atoms with Crippen LogP contribution in [0.5, 0.6) is 0 Å². The second kappa shape index (κ2) is 6.78. The van der Waals surface area contributed by atoms with Gasteiger partial charge in [-0.2, -0.15) is 0 Å². The van der Waals surface area contributed by atoms with Crippen LogP contribution in [0.25, 0.3) is 0 Å². The van der Waals surface area contributed by atoms with Crippen LogP contribution in [0, 0.1) is 5.92 Å². The van der Waals surface area contributed by atoms with Gasteiger partial charge in [-0.15, -0.1) is 0 Å². The molecule has 1 aliphatic heterocycles. The molecule has 2 rings (SSSR count). The molecule has 0 amide bonds. The molecular formula is C16H31N. The van der Waals surface area contributed by atoms with E-state index < -0.39 is 0 Å². The standard InChI is InChI=1S/C16H31N/c1-2-3-4-5-6-7-8-12-16(15-10-11-15)13-9-14-17-16/h15,17H,2-14H2,1H3. The van der Waals surface area contributed by atoms with Crippen LogP contribution in [-0.4, -0.2) is 12.1 Å². The van der Waals surface area contributed by atoms with E-state index in [0.717, 1.165) is 5.92 Å². The summed E-state index contributed by atoms with van der Waals surface area (Å²) in [5, 5.41) is 3.84. The predicted molar refractivity (Wildman–Crippen MR) is 75.3 cm³/mol. The summed E-state index contributed by atoms with van der Waals surface area (Å²) in [5.74, 6) is 1.05. The Morgan fingerprint density at radius 1 is 1.00 bits per heavy atom. The van der Waals surface area contributed by atoms with Crippen LogP contribution in [0.1, 0.15) is 84.0 Å². The molecule has 1 saturated carbocycles. The Balaban J connectivity index is 1.54. The average Bonchev–Trinajstić information content (AvgIpc) is 3.10. The minimum Gasteiger partial charge on any atom is -0.311 e. The molecule has 1 N–H and O–H groups in total.